The van der Waals surface area contributed by atoms with Crippen LogP contribution in [0.3, 0.4) is 0 Å². The van der Waals surface area contributed by atoms with E-state index in [2.05, 4.69) is 21.3 Å². The monoisotopic (exact) mass is 325 g/mol. The summed E-state index contributed by atoms with van der Waals surface area (Å²) in [6.45, 7) is 6.78. The Morgan fingerprint density at radius 1 is 1.48 bits per heavy atom. The van der Waals surface area contributed by atoms with E-state index in [0.29, 0.717) is 19.1 Å². The van der Waals surface area contributed by atoms with E-state index < -0.39 is 0 Å². The third-order valence-corrected chi connectivity index (χ3v) is 4.37. The fraction of sp³-hybridized carbons (Fsp3) is 0.824. The van der Waals surface area contributed by atoms with Gasteiger partial charge in [-0.1, -0.05) is 11.6 Å². The Labute approximate surface area is 139 Å². The van der Waals surface area contributed by atoms with Crippen LogP contribution in [0, 0.1) is 5.92 Å². The van der Waals surface area contributed by atoms with Crippen LogP contribution in [-0.2, 0) is 14.2 Å². The average molecular weight is 325 g/mol. The van der Waals surface area contributed by atoms with Crippen LogP contribution in [0.15, 0.2) is 16.6 Å². The largest absolute Gasteiger partial charge is 0.382 e. The number of methoxy groups -OCH3 is 1. The van der Waals surface area contributed by atoms with Crippen LogP contribution in [0.1, 0.15) is 19.3 Å². The fourth-order valence-corrected chi connectivity index (χ4v) is 3.01. The molecule has 2 aliphatic rings. The van der Waals surface area contributed by atoms with E-state index in [9.17, 15) is 0 Å². The van der Waals surface area contributed by atoms with Crippen molar-refractivity contribution in [2.75, 3.05) is 66.8 Å². The van der Waals surface area contributed by atoms with E-state index in [1.165, 1.54) is 5.57 Å². The molecule has 1 saturated heterocycles. The second-order valence-electron chi connectivity index (χ2n) is 6.08. The number of hydrogen-bond acceptors (Lipinski definition) is 4. The smallest absolute Gasteiger partial charge is 0.193 e. The number of rotatable bonds is 8. The van der Waals surface area contributed by atoms with Gasteiger partial charge in [0.05, 0.1) is 33.0 Å². The predicted molar refractivity (Wildman–Crippen MR) is 91.9 cm³/mol. The molecule has 1 fully saturated rings. The second-order valence-corrected chi connectivity index (χ2v) is 6.08. The third-order valence-electron chi connectivity index (χ3n) is 4.37. The summed E-state index contributed by atoms with van der Waals surface area (Å²) in [5.41, 5.74) is 1.49. The van der Waals surface area contributed by atoms with Crippen molar-refractivity contribution in [3.8, 4) is 0 Å². The number of hydrogen-bond donors (Lipinski definition) is 1. The molecular weight excluding hydrogens is 294 g/mol. The average Bonchev–Trinajstić information content (AvgIpc) is 3.05. The number of guanidine groups is 1. The van der Waals surface area contributed by atoms with Crippen LogP contribution in [-0.4, -0.2) is 77.7 Å². The molecule has 0 spiro atoms. The summed E-state index contributed by atoms with van der Waals surface area (Å²) in [4.78, 5) is 6.76. The minimum absolute atomic E-state index is 0.587. The molecule has 0 amide bonds. The summed E-state index contributed by atoms with van der Waals surface area (Å²) >= 11 is 0. The van der Waals surface area contributed by atoms with Crippen molar-refractivity contribution in [1.29, 1.82) is 0 Å². The first-order valence-corrected chi connectivity index (χ1v) is 8.61. The van der Waals surface area contributed by atoms with Crippen LogP contribution < -0.4 is 5.32 Å². The van der Waals surface area contributed by atoms with Crippen molar-refractivity contribution in [3.05, 3.63) is 11.6 Å². The Kier molecular flexibility index (Phi) is 8.42. The molecule has 6 heteroatoms. The number of ether oxygens (including phenoxy) is 3. The van der Waals surface area contributed by atoms with Gasteiger partial charge in [0.2, 0.25) is 0 Å². The molecule has 1 N–H and O–H groups in total. The summed E-state index contributed by atoms with van der Waals surface area (Å²) < 4.78 is 16.0. The maximum atomic E-state index is 5.65. The van der Waals surface area contributed by atoms with Gasteiger partial charge in [-0.05, 0) is 19.3 Å². The highest BCUT2D eigenvalue weighted by molar-refractivity contribution is 5.80. The minimum atomic E-state index is 0.587. The lowest BCUT2D eigenvalue weighted by molar-refractivity contribution is 0.0536. The minimum Gasteiger partial charge on any atom is -0.382 e. The molecule has 1 unspecified atom stereocenters. The molecule has 2 aliphatic heterocycles. The first kappa shape index (κ1) is 18.2. The second kappa shape index (κ2) is 10.6. The Bertz CT molecular complexity index is 399. The molecule has 0 radical (unpaired) electrons. The molecule has 0 aromatic heterocycles. The van der Waals surface area contributed by atoms with Gasteiger partial charge >= 0.3 is 0 Å². The van der Waals surface area contributed by atoms with E-state index in [4.69, 9.17) is 14.2 Å². The molecule has 2 heterocycles. The van der Waals surface area contributed by atoms with Crippen LogP contribution in [0.25, 0.3) is 0 Å². The normalized spacial score (nSPS) is 22.3. The first-order chi connectivity index (χ1) is 11.3. The molecule has 132 valence electrons. The van der Waals surface area contributed by atoms with Crippen LogP contribution >= 0.6 is 0 Å². The zero-order valence-electron chi connectivity index (χ0n) is 14.6. The molecule has 0 bridgehead atoms. The number of aliphatic imine (C=N–C) groups is 1. The van der Waals surface area contributed by atoms with E-state index in [1.807, 2.05) is 7.05 Å². The van der Waals surface area contributed by atoms with Crippen molar-refractivity contribution in [2.24, 2.45) is 10.9 Å². The zero-order valence-corrected chi connectivity index (χ0v) is 14.6. The summed E-state index contributed by atoms with van der Waals surface area (Å²) in [6, 6.07) is 0. The highest BCUT2D eigenvalue weighted by Crippen LogP contribution is 2.17. The SMILES string of the molecule is CN=C(NCCC1=CCOCC1)N1CCC(COCCOC)C1. The third kappa shape index (κ3) is 6.49. The van der Waals surface area contributed by atoms with Crippen molar-refractivity contribution >= 4 is 5.96 Å². The van der Waals surface area contributed by atoms with Crippen LogP contribution in [0.2, 0.25) is 0 Å². The molecule has 6 nitrogen and oxygen atoms in total. The molecular formula is C17H31N3O3. The predicted octanol–water partition coefficient (Wildman–Crippen LogP) is 1.28. The van der Waals surface area contributed by atoms with Crippen molar-refractivity contribution in [1.82, 2.24) is 10.2 Å². The van der Waals surface area contributed by atoms with E-state index in [0.717, 1.165) is 64.7 Å². The lowest BCUT2D eigenvalue weighted by Gasteiger charge is -2.22. The summed E-state index contributed by atoms with van der Waals surface area (Å²) in [7, 11) is 3.56. The van der Waals surface area contributed by atoms with E-state index >= 15 is 0 Å². The van der Waals surface area contributed by atoms with Gasteiger partial charge in [0.25, 0.3) is 0 Å². The van der Waals surface area contributed by atoms with Crippen molar-refractivity contribution in [3.63, 3.8) is 0 Å². The van der Waals surface area contributed by atoms with Gasteiger partial charge in [0, 0.05) is 39.7 Å². The maximum absolute atomic E-state index is 5.65. The standard InChI is InChI=1S/C17H31N3O3/c1-18-17(19-7-3-15-5-9-22-10-6-15)20-8-4-16(13-20)14-23-12-11-21-2/h5,16H,3-4,6-14H2,1-2H3,(H,18,19). The van der Waals surface area contributed by atoms with Crippen molar-refractivity contribution < 1.29 is 14.2 Å². The molecule has 2 rings (SSSR count). The van der Waals surface area contributed by atoms with Crippen LogP contribution in [0.4, 0.5) is 0 Å². The quantitative estimate of drug-likeness (QED) is 0.315. The van der Waals surface area contributed by atoms with Gasteiger partial charge in [-0.2, -0.15) is 0 Å². The van der Waals surface area contributed by atoms with Gasteiger partial charge in [-0.25, -0.2) is 0 Å². The molecule has 0 saturated carbocycles. The molecule has 0 aromatic rings. The zero-order chi connectivity index (χ0) is 16.3. The summed E-state index contributed by atoms with van der Waals surface area (Å²) in [5, 5.41) is 3.49. The fourth-order valence-electron chi connectivity index (χ4n) is 3.01. The van der Waals surface area contributed by atoms with Crippen LogP contribution in [0.5, 0.6) is 0 Å². The maximum Gasteiger partial charge on any atom is 0.193 e. The van der Waals surface area contributed by atoms with Crippen molar-refractivity contribution in [2.45, 2.75) is 19.3 Å². The Morgan fingerprint density at radius 3 is 3.13 bits per heavy atom. The molecule has 0 aliphatic carbocycles. The highest BCUT2D eigenvalue weighted by Gasteiger charge is 2.24. The molecule has 1 atom stereocenters. The topological polar surface area (TPSA) is 55.3 Å². The highest BCUT2D eigenvalue weighted by atomic mass is 16.5. The summed E-state index contributed by atoms with van der Waals surface area (Å²) in [5.74, 6) is 1.60. The Morgan fingerprint density at radius 2 is 2.39 bits per heavy atom. The number of nitrogens with one attached hydrogen (secondary N) is 1. The molecule has 0 aromatic carbocycles. The van der Waals surface area contributed by atoms with E-state index in [-0.39, 0.29) is 0 Å². The van der Waals surface area contributed by atoms with Gasteiger partial charge in [0.15, 0.2) is 5.96 Å². The van der Waals surface area contributed by atoms with Gasteiger partial charge in [-0.3, -0.25) is 4.99 Å². The van der Waals surface area contributed by atoms with E-state index in [1.54, 1.807) is 7.11 Å². The van der Waals surface area contributed by atoms with Gasteiger partial charge < -0.3 is 24.4 Å². The number of likely N-dealkylation sites (tertiary alicyclic amines) is 1. The summed E-state index contributed by atoms with van der Waals surface area (Å²) in [6.07, 6.45) is 5.50. The lowest BCUT2D eigenvalue weighted by Crippen LogP contribution is -2.40. The van der Waals surface area contributed by atoms with Gasteiger partial charge in [0.1, 0.15) is 0 Å². The number of nitrogens with zero attached hydrogens (tertiary/aromatic N) is 2. The Balaban J connectivity index is 1.64. The lowest BCUT2D eigenvalue weighted by atomic mass is 10.1. The Hall–Kier alpha value is -1.11. The first-order valence-electron chi connectivity index (χ1n) is 8.61. The molecule has 23 heavy (non-hydrogen) atoms. The van der Waals surface area contributed by atoms with Gasteiger partial charge in [-0.15, -0.1) is 0 Å².